The van der Waals surface area contributed by atoms with Gasteiger partial charge in [0.05, 0.1) is 16.6 Å². The summed E-state index contributed by atoms with van der Waals surface area (Å²) in [5, 5.41) is 5.33. The SMILES string of the molecule is Fc1ccc2c(c1)[nH]c1c3[nH]c4cc(F)ccc4c3c3c4ccc(F)cc4[nH]c3c21. The van der Waals surface area contributed by atoms with Crippen molar-refractivity contribution in [1.82, 2.24) is 15.0 Å². The molecule has 0 fully saturated rings. The number of aromatic amines is 3. The summed E-state index contributed by atoms with van der Waals surface area (Å²) >= 11 is 0. The van der Waals surface area contributed by atoms with Gasteiger partial charge in [0.1, 0.15) is 17.5 Å². The molecule has 7 rings (SSSR count). The van der Waals surface area contributed by atoms with Crippen molar-refractivity contribution < 1.29 is 13.2 Å². The topological polar surface area (TPSA) is 47.4 Å². The molecule has 0 unspecified atom stereocenters. The Labute approximate surface area is 166 Å². The smallest absolute Gasteiger partial charge is 0.125 e. The zero-order chi connectivity index (χ0) is 20.1. The minimum absolute atomic E-state index is 0.330. The second kappa shape index (κ2) is 5.16. The molecule has 144 valence electrons. The van der Waals surface area contributed by atoms with E-state index >= 15 is 0 Å². The molecular formula is C24H12F3N3. The molecule has 7 aromatic rings. The average molecular weight is 399 g/mol. The van der Waals surface area contributed by atoms with Crippen molar-refractivity contribution in [3.63, 3.8) is 0 Å². The highest BCUT2D eigenvalue weighted by atomic mass is 19.1. The minimum atomic E-state index is -0.334. The summed E-state index contributed by atoms with van der Waals surface area (Å²) in [7, 11) is 0. The van der Waals surface area contributed by atoms with Crippen LogP contribution in [0.2, 0.25) is 0 Å². The van der Waals surface area contributed by atoms with Crippen LogP contribution in [-0.4, -0.2) is 15.0 Å². The Kier molecular flexibility index (Phi) is 2.74. The van der Waals surface area contributed by atoms with Crippen molar-refractivity contribution in [2.24, 2.45) is 0 Å². The summed E-state index contributed by atoms with van der Waals surface area (Å²) < 4.78 is 41.8. The first kappa shape index (κ1) is 15.9. The van der Waals surface area contributed by atoms with Gasteiger partial charge in [0.25, 0.3) is 0 Å². The van der Waals surface area contributed by atoms with Gasteiger partial charge in [0.15, 0.2) is 0 Å². The van der Waals surface area contributed by atoms with E-state index in [1.165, 1.54) is 36.4 Å². The third kappa shape index (κ3) is 1.86. The number of H-pyrrole nitrogens is 3. The zero-order valence-electron chi connectivity index (χ0n) is 15.3. The maximum absolute atomic E-state index is 14.0. The Morgan fingerprint density at radius 3 is 1.30 bits per heavy atom. The average Bonchev–Trinajstić information content (AvgIpc) is 3.37. The Hall–Kier alpha value is -3.93. The fraction of sp³-hybridized carbons (Fsp3) is 0. The van der Waals surface area contributed by atoms with Gasteiger partial charge in [-0.3, -0.25) is 0 Å². The van der Waals surface area contributed by atoms with Crippen LogP contribution in [0.1, 0.15) is 0 Å². The molecule has 0 radical (unpaired) electrons. The third-order valence-corrected chi connectivity index (χ3v) is 6.03. The van der Waals surface area contributed by atoms with E-state index in [2.05, 4.69) is 15.0 Å². The molecule has 0 aliphatic carbocycles. The van der Waals surface area contributed by atoms with Crippen LogP contribution in [0.25, 0.3) is 65.4 Å². The minimum Gasteiger partial charge on any atom is -0.354 e. The van der Waals surface area contributed by atoms with Crippen LogP contribution in [0.4, 0.5) is 13.2 Å². The van der Waals surface area contributed by atoms with Crippen molar-refractivity contribution in [3.05, 3.63) is 72.0 Å². The van der Waals surface area contributed by atoms with E-state index in [9.17, 15) is 13.2 Å². The van der Waals surface area contributed by atoms with Crippen molar-refractivity contribution in [2.75, 3.05) is 0 Å². The van der Waals surface area contributed by atoms with Gasteiger partial charge in [-0.05, 0) is 54.6 Å². The molecule has 0 saturated carbocycles. The highest BCUT2D eigenvalue weighted by Crippen LogP contribution is 2.44. The van der Waals surface area contributed by atoms with E-state index in [1.807, 2.05) is 0 Å². The van der Waals surface area contributed by atoms with Gasteiger partial charge in [0, 0.05) is 48.9 Å². The van der Waals surface area contributed by atoms with E-state index in [0.717, 1.165) is 48.9 Å². The number of rotatable bonds is 0. The number of nitrogens with one attached hydrogen (secondary N) is 3. The Bertz CT molecular complexity index is 1840. The maximum atomic E-state index is 14.0. The molecule has 0 spiro atoms. The first-order valence-corrected chi connectivity index (χ1v) is 9.53. The normalized spacial score (nSPS) is 12.5. The Morgan fingerprint density at radius 1 is 0.433 bits per heavy atom. The van der Waals surface area contributed by atoms with E-state index < -0.39 is 0 Å². The van der Waals surface area contributed by atoms with Gasteiger partial charge in [-0.1, -0.05) is 0 Å². The van der Waals surface area contributed by atoms with E-state index in [1.54, 1.807) is 18.2 Å². The Balaban J connectivity index is 1.88. The van der Waals surface area contributed by atoms with Gasteiger partial charge in [-0.15, -0.1) is 0 Å². The van der Waals surface area contributed by atoms with Gasteiger partial charge in [-0.2, -0.15) is 0 Å². The summed E-state index contributed by atoms with van der Waals surface area (Å²) in [6, 6.07) is 13.9. The fourth-order valence-corrected chi connectivity index (χ4v) is 4.85. The molecule has 30 heavy (non-hydrogen) atoms. The van der Waals surface area contributed by atoms with E-state index in [0.29, 0.717) is 16.6 Å². The predicted octanol–water partition coefficient (Wildman–Crippen LogP) is 7.01. The van der Waals surface area contributed by atoms with Crippen molar-refractivity contribution in [2.45, 2.75) is 0 Å². The van der Waals surface area contributed by atoms with Crippen LogP contribution < -0.4 is 0 Å². The number of hydrogen-bond donors (Lipinski definition) is 3. The molecule has 3 nitrogen and oxygen atoms in total. The second-order valence-electron chi connectivity index (χ2n) is 7.69. The summed E-state index contributed by atoms with van der Waals surface area (Å²) in [5.74, 6) is -0.997. The molecule has 3 N–H and O–H groups in total. The molecule has 0 atom stereocenters. The lowest BCUT2D eigenvalue weighted by atomic mass is 10.0. The molecule has 0 aliphatic rings. The number of hydrogen-bond acceptors (Lipinski definition) is 0. The zero-order valence-corrected chi connectivity index (χ0v) is 15.3. The maximum Gasteiger partial charge on any atom is 0.125 e. The van der Waals surface area contributed by atoms with Crippen LogP contribution in [0.5, 0.6) is 0 Å². The van der Waals surface area contributed by atoms with Crippen LogP contribution in [0.15, 0.2) is 54.6 Å². The molecule has 3 heterocycles. The molecule has 4 aromatic carbocycles. The highest BCUT2D eigenvalue weighted by Gasteiger charge is 2.21. The number of halogens is 3. The molecule has 0 saturated heterocycles. The highest BCUT2D eigenvalue weighted by molar-refractivity contribution is 6.39. The van der Waals surface area contributed by atoms with Crippen LogP contribution in [0.3, 0.4) is 0 Å². The van der Waals surface area contributed by atoms with Crippen LogP contribution in [-0.2, 0) is 0 Å². The van der Waals surface area contributed by atoms with E-state index in [4.69, 9.17) is 0 Å². The second-order valence-corrected chi connectivity index (χ2v) is 7.69. The quantitative estimate of drug-likeness (QED) is 0.246. The lowest BCUT2D eigenvalue weighted by Crippen LogP contribution is -1.77. The van der Waals surface area contributed by atoms with Crippen LogP contribution in [0, 0.1) is 17.5 Å². The molecular weight excluding hydrogens is 387 g/mol. The lowest BCUT2D eigenvalue weighted by molar-refractivity contribution is 0.629. The van der Waals surface area contributed by atoms with Crippen molar-refractivity contribution in [3.8, 4) is 0 Å². The van der Waals surface area contributed by atoms with Gasteiger partial charge < -0.3 is 15.0 Å². The standard InChI is InChI=1S/C24H12F3N3/c25-10-1-4-13-16(7-10)28-22-19(13)20-14-5-2-11(26)8-17(14)29-23(20)24-21(22)15-6-3-12(27)9-18(15)30-24/h1-9,28-30H. The predicted molar refractivity (Wildman–Crippen MR) is 114 cm³/mol. The largest absolute Gasteiger partial charge is 0.354 e. The number of aromatic nitrogens is 3. The molecule has 0 aliphatic heterocycles. The third-order valence-electron chi connectivity index (χ3n) is 6.03. The first-order valence-electron chi connectivity index (χ1n) is 9.53. The monoisotopic (exact) mass is 399 g/mol. The van der Waals surface area contributed by atoms with Crippen molar-refractivity contribution >= 4 is 65.4 Å². The fourth-order valence-electron chi connectivity index (χ4n) is 4.85. The summed E-state index contributed by atoms with van der Waals surface area (Å²) in [5.41, 5.74) is 4.43. The number of benzene rings is 4. The molecule has 0 amide bonds. The molecule has 3 aromatic heterocycles. The van der Waals surface area contributed by atoms with Gasteiger partial charge in [0.2, 0.25) is 0 Å². The molecule has 6 heteroatoms. The summed E-state index contributed by atoms with van der Waals surface area (Å²) in [6.07, 6.45) is 0. The molecule has 0 bridgehead atoms. The lowest BCUT2D eigenvalue weighted by Gasteiger charge is -2.01. The van der Waals surface area contributed by atoms with E-state index in [-0.39, 0.29) is 17.5 Å². The summed E-state index contributed by atoms with van der Waals surface area (Å²) in [4.78, 5) is 10.0. The summed E-state index contributed by atoms with van der Waals surface area (Å²) in [6.45, 7) is 0. The van der Waals surface area contributed by atoms with Crippen molar-refractivity contribution in [1.29, 1.82) is 0 Å². The first-order chi connectivity index (χ1) is 14.6. The number of fused-ring (bicyclic) bond motifs is 12. The van der Waals surface area contributed by atoms with Gasteiger partial charge >= 0.3 is 0 Å². The van der Waals surface area contributed by atoms with Gasteiger partial charge in [-0.25, -0.2) is 13.2 Å². The Morgan fingerprint density at radius 2 is 0.800 bits per heavy atom. The van der Waals surface area contributed by atoms with Crippen LogP contribution >= 0.6 is 0 Å².